The second-order valence-electron chi connectivity index (χ2n) is 0. The monoisotopic (exact) mass is 72.0 g/mol. The second-order valence-corrected chi connectivity index (χ2v) is 0. The van der Waals surface area contributed by atoms with Crippen LogP contribution in [0.15, 0.2) is 0 Å². The average Bonchev–Trinajstić information content (AvgIpc) is 1.00. The Hall–Kier alpha value is 0.646. The zero-order chi connectivity index (χ0) is 2.00. The summed E-state index contributed by atoms with van der Waals surface area (Å²) in [5.74, 6) is 8.00. The topological polar surface area (TPSA) is 80.5 Å². The van der Waals surface area contributed by atoms with Crippen LogP contribution >= 0.6 is 0 Å². The molecule has 0 rings (SSSR count). The van der Waals surface area contributed by atoms with Crippen LogP contribution in [0.3, 0.4) is 0 Å². The van der Waals surface area contributed by atoms with Gasteiger partial charge in [0.1, 0.15) is 0 Å². The van der Waals surface area contributed by atoms with E-state index in [2.05, 4.69) is 11.7 Å². The van der Waals surface area contributed by atoms with Gasteiger partial charge >= 0.3 is 23.1 Å². The largest absolute Gasteiger partial charge is 2.00 e. The summed E-state index contributed by atoms with van der Waals surface area (Å²) in [6.45, 7) is 0. The van der Waals surface area contributed by atoms with Crippen molar-refractivity contribution in [1.82, 2.24) is 0 Å². The van der Waals surface area contributed by atoms with Gasteiger partial charge in [-0.25, -0.2) is 0 Å². The first-order chi connectivity index (χ1) is 1.00. The van der Waals surface area contributed by atoms with Crippen LogP contribution in [0.1, 0.15) is 0 Å². The summed E-state index contributed by atoms with van der Waals surface area (Å²) < 4.78 is 0. The van der Waals surface area contributed by atoms with Crippen molar-refractivity contribution in [3.8, 4) is 0 Å². The third-order valence-electron chi connectivity index (χ3n) is 0. The summed E-state index contributed by atoms with van der Waals surface area (Å²) in [6.07, 6.45) is 0. The molecule has 0 saturated carbocycles. The molecule has 0 aromatic heterocycles. The summed E-state index contributed by atoms with van der Waals surface area (Å²) >= 11 is 0. The van der Waals surface area contributed by atoms with Crippen molar-refractivity contribution in [2.24, 2.45) is 11.7 Å². The molecule has 0 bridgehead atoms. The Morgan fingerprint density at radius 3 is 1.00 bits per heavy atom. The molecule has 0 heterocycles. The first-order valence-corrected chi connectivity index (χ1v) is 0.333. The van der Waals surface area contributed by atoms with Crippen LogP contribution in [0.4, 0.5) is 0 Å². The molecule has 0 saturated heterocycles. The Labute approximate surface area is 40.8 Å². The number of hydrogen-bond donors (Lipinski definition) is 2. The van der Waals surface area contributed by atoms with Gasteiger partial charge in [0.05, 0.1) is 0 Å². The average molecular weight is 72.3 g/mol. The van der Waals surface area contributed by atoms with E-state index in [1.54, 1.807) is 0 Å². The van der Waals surface area contributed by atoms with Crippen molar-refractivity contribution in [3.63, 3.8) is 0 Å². The Kier molecular flexibility index (Phi) is 348. The van der Waals surface area contributed by atoms with Crippen LogP contribution in [-0.4, -0.2) is 23.1 Å². The smallest absolute Gasteiger partial charge is 2.00 e. The third-order valence-corrected chi connectivity index (χ3v) is 0. The maximum atomic E-state index is 4.00. The van der Waals surface area contributed by atoms with Crippen LogP contribution in [-0.2, 0) is 5.48 Å². The van der Waals surface area contributed by atoms with E-state index < -0.39 is 0 Å². The minimum Gasteiger partial charge on any atom is -2.00 e. The fraction of sp³-hybridized carbons (Fsp3) is 0. The second kappa shape index (κ2) is 61.1. The number of rotatable bonds is 0. The van der Waals surface area contributed by atoms with E-state index in [1.165, 1.54) is 0 Å². The standard InChI is InChI=1S/Mg.H4N2.O/c;1-2;/h;1-2H2;/q+2;;-2. The molecule has 0 fully saturated rings. The zero-order valence-corrected chi connectivity index (χ0v) is 3.68. The first kappa shape index (κ1) is 22.8. The van der Waals surface area contributed by atoms with Crippen LogP contribution in [0, 0.1) is 0 Å². The van der Waals surface area contributed by atoms with E-state index in [0.29, 0.717) is 0 Å². The predicted molar refractivity (Wildman–Crippen MR) is 14.8 cm³/mol. The van der Waals surface area contributed by atoms with Gasteiger partial charge in [-0.05, 0) is 0 Å². The van der Waals surface area contributed by atoms with Crippen molar-refractivity contribution >= 4 is 23.1 Å². The Morgan fingerprint density at radius 2 is 1.00 bits per heavy atom. The quantitative estimate of drug-likeness (QED) is 0.204. The van der Waals surface area contributed by atoms with Crippen molar-refractivity contribution in [3.05, 3.63) is 0 Å². The fourth-order valence-corrected chi connectivity index (χ4v) is 0. The van der Waals surface area contributed by atoms with Gasteiger partial charge in [-0.2, -0.15) is 0 Å². The van der Waals surface area contributed by atoms with Gasteiger partial charge in [0.25, 0.3) is 0 Å². The molecule has 0 aromatic rings. The number of hydrogen-bond acceptors (Lipinski definition) is 2. The minimum atomic E-state index is 0. The first-order valence-electron chi connectivity index (χ1n) is 0.333. The van der Waals surface area contributed by atoms with E-state index >= 15 is 0 Å². The fourth-order valence-electron chi connectivity index (χ4n) is 0. The van der Waals surface area contributed by atoms with E-state index in [4.69, 9.17) is 0 Å². The van der Waals surface area contributed by atoms with Crippen LogP contribution in [0.2, 0.25) is 0 Å². The van der Waals surface area contributed by atoms with Crippen molar-refractivity contribution < 1.29 is 5.48 Å². The van der Waals surface area contributed by atoms with Gasteiger partial charge in [-0.1, -0.05) is 0 Å². The van der Waals surface area contributed by atoms with E-state index in [9.17, 15) is 0 Å². The van der Waals surface area contributed by atoms with Gasteiger partial charge in [0.2, 0.25) is 0 Å². The zero-order valence-electron chi connectivity index (χ0n) is 2.27. The maximum absolute atomic E-state index is 4.00. The Morgan fingerprint density at radius 1 is 1.00 bits per heavy atom. The van der Waals surface area contributed by atoms with Crippen LogP contribution in [0.5, 0.6) is 0 Å². The molecule has 0 aromatic carbocycles. The third kappa shape index (κ3) is 17.2. The van der Waals surface area contributed by atoms with Gasteiger partial charge < -0.3 is 5.48 Å². The molecular formula is H4MgN2O. The molecule has 4 heavy (non-hydrogen) atoms. The van der Waals surface area contributed by atoms with Crippen molar-refractivity contribution in [1.29, 1.82) is 0 Å². The molecule has 4 heteroatoms. The Balaban J connectivity index is -0.00000000500. The van der Waals surface area contributed by atoms with Gasteiger partial charge in [-0.3, -0.25) is 11.7 Å². The Bertz CT molecular complexity index is 6.00. The van der Waals surface area contributed by atoms with Crippen molar-refractivity contribution in [2.45, 2.75) is 0 Å². The molecule has 0 amide bonds. The van der Waals surface area contributed by atoms with Crippen molar-refractivity contribution in [2.75, 3.05) is 0 Å². The molecule has 0 spiro atoms. The van der Waals surface area contributed by atoms with Crippen LogP contribution < -0.4 is 11.7 Å². The molecule has 4 N–H and O–H groups in total. The summed E-state index contributed by atoms with van der Waals surface area (Å²) in [7, 11) is 0. The van der Waals surface area contributed by atoms with Gasteiger partial charge in [0, 0.05) is 0 Å². The summed E-state index contributed by atoms with van der Waals surface area (Å²) in [6, 6.07) is 0. The molecule has 0 aliphatic heterocycles. The molecule has 0 atom stereocenters. The van der Waals surface area contributed by atoms with E-state index in [-0.39, 0.29) is 28.5 Å². The molecular weight excluding hydrogens is 68.3 g/mol. The molecule has 22 valence electrons. The molecule has 3 nitrogen and oxygen atoms in total. The molecule has 0 aliphatic rings. The summed E-state index contributed by atoms with van der Waals surface area (Å²) in [5.41, 5.74) is 0. The van der Waals surface area contributed by atoms with E-state index in [1.807, 2.05) is 0 Å². The molecule has 0 aliphatic carbocycles. The SMILES string of the molecule is NN.[Mg+2].[O-2]. The predicted octanol–water partition coefficient (Wildman–Crippen LogP) is -1.68. The summed E-state index contributed by atoms with van der Waals surface area (Å²) in [4.78, 5) is 0. The van der Waals surface area contributed by atoms with Gasteiger partial charge in [-0.15, -0.1) is 0 Å². The normalized spacial score (nSPS) is 1.50. The molecule has 0 radical (unpaired) electrons. The number of hydrazine groups is 1. The number of nitrogens with two attached hydrogens (primary N) is 2. The summed E-state index contributed by atoms with van der Waals surface area (Å²) in [5, 5.41) is 0. The molecule has 0 unspecified atom stereocenters. The maximum Gasteiger partial charge on any atom is 2.00 e. The van der Waals surface area contributed by atoms with Gasteiger partial charge in [0.15, 0.2) is 0 Å². The van der Waals surface area contributed by atoms with E-state index in [0.717, 1.165) is 0 Å². The van der Waals surface area contributed by atoms with Crippen LogP contribution in [0.25, 0.3) is 0 Å². The minimum absolute atomic E-state index is 0.